The zero-order valence-electron chi connectivity index (χ0n) is 8.21. The van der Waals surface area contributed by atoms with Gasteiger partial charge in [0.05, 0.1) is 6.10 Å². The largest absolute Gasteiger partial charge is 0.378 e. The molecule has 0 aromatic heterocycles. The van der Waals surface area contributed by atoms with Crippen LogP contribution in [-0.4, -0.2) is 48.8 Å². The van der Waals surface area contributed by atoms with Crippen molar-refractivity contribution >= 4 is 11.8 Å². The van der Waals surface area contributed by atoms with E-state index in [1.807, 2.05) is 0 Å². The number of rotatable bonds is 3. The van der Waals surface area contributed by atoms with Gasteiger partial charge in [0.15, 0.2) is 0 Å². The Kier molecular flexibility index (Phi) is 3.94. The summed E-state index contributed by atoms with van der Waals surface area (Å²) >= 11 is 2.08. The molecule has 0 aromatic rings. The minimum absolute atomic E-state index is 0.578. The Balaban J connectivity index is 1.60. The SMILES string of the molecule is C1COC(CCN2CCSCC2)C1. The van der Waals surface area contributed by atoms with Crippen molar-refractivity contribution in [2.45, 2.75) is 25.4 Å². The van der Waals surface area contributed by atoms with Gasteiger partial charge in [-0.2, -0.15) is 11.8 Å². The van der Waals surface area contributed by atoms with Gasteiger partial charge in [0.25, 0.3) is 0 Å². The van der Waals surface area contributed by atoms with Gasteiger partial charge in [-0.25, -0.2) is 0 Å². The molecule has 76 valence electrons. The van der Waals surface area contributed by atoms with Crippen LogP contribution in [-0.2, 0) is 4.74 Å². The molecule has 0 amide bonds. The first-order valence-electron chi connectivity index (χ1n) is 5.37. The lowest BCUT2D eigenvalue weighted by molar-refractivity contribution is 0.0933. The van der Waals surface area contributed by atoms with Crippen molar-refractivity contribution in [3.8, 4) is 0 Å². The van der Waals surface area contributed by atoms with Gasteiger partial charge in [0, 0.05) is 37.7 Å². The molecule has 0 radical (unpaired) electrons. The lowest BCUT2D eigenvalue weighted by Gasteiger charge is -2.26. The van der Waals surface area contributed by atoms with Crippen molar-refractivity contribution in [3.05, 3.63) is 0 Å². The molecule has 2 heterocycles. The van der Waals surface area contributed by atoms with Crippen LogP contribution in [0.2, 0.25) is 0 Å². The predicted octanol–water partition coefficient (Wildman–Crippen LogP) is 1.60. The van der Waals surface area contributed by atoms with Crippen LogP contribution in [0.3, 0.4) is 0 Å². The summed E-state index contributed by atoms with van der Waals surface area (Å²) in [4.78, 5) is 2.58. The highest BCUT2D eigenvalue weighted by molar-refractivity contribution is 7.99. The van der Waals surface area contributed by atoms with E-state index in [-0.39, 0.29) is 0 Å². The fourth-order valence-corrected chi connectivity index (χ4v) is 3.00. The summed E-state index contributed by atoms with van der Waals surface area (Å²) < 4.78 is 5.61. The molecule has 2 aliphatic heterocycles. The number of nitrogens with zero attached hydrogens (tertiary/aromatic N) is 1. The van der Waals surface area contributed by atoms with Crippen molar-refractivity contribution < 1.29 is 4.74 Å². The molecule has 0 aromatic carbocycles. The molecule has 0 aliphatic carbocycles. The predicted molar refractivity (Wildman–Crippen MR) is 57.4 cm³/mol. The summed E-state index contributed by atoms with van der Waals surface area (Å²) in [7, 11) is 0. The highest BCUT2D eigenvalue weighted by Gasteiger charge is 2.17. The fourth-order valence-electron chi connectivity index (χ4n) is 2.02. The van der Waals surface area contributed by atoms with Crippen LogP contribution in [0.15, 0.2) is 0 Å². The monoisotopic (exact) mass is 201 g/mol. The first-order valence-corrected chi connectivity index (χ1v) is 6.52. The topological polar surface area (TPSA) is 12.5 Å². The van der Waals surface area contributed by atoms with E-state index in [4.69, 9.17) is 4.74 Å². The van der Waals surface area contributed by atoms with E-state index in [0.717, 1.165) is 6.61 Å². The summed E-state index contributed by atoms with van der Waals surface area (Å²) in [5, 5.41) is 0. The molecule has 2 nitrogen and oxygen atoms in total. The molecule has 2 fully saturated rings. The Bertz CT molecular complexity index is 142. The zero-order chi connectivity index (χ0) is 8.93. The van der Waals surface area contributed by atoms with Crippen LogP contribution in [0.5, 0.6) is 0 Å². The van der Waals surface area contributed by atoms with E-state index in [0.29, 0.717) is 6.10 Å². The number of ether oxygens (including phenoxy) is 1. The fraction of sp³-hybridized carbons (Fsp3) is 1.00. The second-order valence-electron chi connectivity index (χ2n) is 3.88. The van der Waals surface area contributed by atoms with Gasteiger partial charge in [-0.1, -0.05) is 0 Å². The first kappa shape index (κ1) is 9.81. The maximum atomic E-state index is 5.61. The molecule has 2 rings (SSSR count). The zero-order valence-corrected chi connectivity index (χ0v) is 9.02. The van der Waals surface area contributed by atoms with E-state index >= 15 is 0 Å². The average molecular weight is 201 g/mol. The molecule has 1 atom stereocenters. The van der Waals surface area contributed by atoms with Crippen LogP contribution in [0, 0.1) is 0 Å². The lowest BCUT2D eigenvalue weighted by Crippen LogP contribution is -2.34. The molecular formula is C10H19NOS. The third-order valence-electron chi connectivity index (χ3n) is 2.89. The van der Waals surface area contributed by atoms with Crippen LogP contribution < -0.4 is 0 Å². The average Bonchev–Trinajstić information content (AvgIpc) is 2.69. The second-order valence-corrected chi connectivity index (χ2v) is 5.10. The quantitative estimate of drug-likeness (QED) is 0.688. The first-order chi connectivity index (χ1) is 6.45. The maximum absolute atomic E-state index is 5.61. The smallest absolute Gasteiger partial charge is 0.0588 e. The van der Waals surface area contributed by atoms with E-state index in [2.05, 4.69) is 16.7 Å². The van der Waals surface area contributed by atoms with Gasteiger partial charge >= 0.3 is 0 Å². The summed E-state index contributed by atoms with van der Waals surface area (Å²) in [6.07, 6.45) is 4.41. The van der Waals surface area contributed by atoms with Gasteiger partial charge in [0.1, 0.15) is 0 Å². The molecule has 0 bridgehead atoms. The Morgan fingerprint density at radius 2 is 2.15 bits per heavy atom. The summed E-state index contributed by atoms with van der Waals surface area (Å²) in [5.41, 5.74) is 0. The van der Waals surface area contributed by atoms with Crippen LogP contribution in [0.1, 0.15) is 19.3 Å². The van der Waals surface area contributed by atoms with E-state index in [9.17, 15) is 0 Å². The van der Waals surface area contributed by atoms with Crippen molar-refractivity contribution in [3.63, 3.8) is 0 Å². The van der Waals surface area contributed by atoms with E-state index < -0.39 is 0 Å². The third kappa shape index (κ3) is 3.15. The number of thioether (sulfide) groups is 1. The minimum Gasteiger partial charge on any atom is -0.378 e. The standard InChI is InChI=1S/C10H19NOS/c1-2-10(12-7-1)3-4-11-5-8-13-9-6-11/h10H,1-9H2. The molecule has 2 saturated heterocycles. The van der Waals surface area contributed by atoms with Crippen molar-refractivity contribution in [1.82, 2.24) is 4.90 Å². The number of hydrogen-bond donors (Lipinski definition) is 0. The molecule has 0 spiro atoms. The third-order valence-corrected chi connectivity index (χ3v) is 3.84. The van der Waals surface area contributed by atoms with Crippen LogP contribution in [0.25, 0.3) is 0 Å². The van der Waals surface area contributed by atoms with Crippen molar-refractivity contribution in [2.24, 2.45) is 0 Å². The Hall–Kier alpha value is 0.270. The highest BCUT2D eigenvalue weighted by Crippen LogP contribution is 2.17. The Morgan fingerprint density at radius 1 is 1.31 bits per heavy atom. The lowest BCUT2D eigenvalue weighted by atomic mass is 10.2. The van der Waals surface area contributed by atoms with Gasteiger partial charge < -0.3 is 9.64 Å². The second kappa shape index (κ2) is 5.23. The van der Waals surface area contributed by atoms with Gasteiger partial charge in [-0.15, -0.1) is 0 Å². The van der Waals surface area contributed by atoms with Crippen molar-refractivity contribution in [1.29, 1.82) is 0 Å². The minimum atomic E-state index is 0.578. The van der Waals surface area contributed by atoms with Crippen molar-refractivity contribution in [2.75, 3.05) is 37.7 Å². The molecule has 13 heavy (non-hydrogen) atoms. The highest BCUT2D eigenvalue weighted by atomic mass is 32.2. The Morgan fingerprint density at radius 3 is 2.85 bits per heavy atom. The normalized spacial score (nSPS) is 30.9. The molecular weight excluding hydrogens is 182 g/mol. The Labute approximate surface area is 85.0 Å². The molecule has 1 unspecified atom stereocenters. The molecule has 0 N–H and O–H groups in total. The maximum Gasteiger partial charge on any atom is 0.0588 e. The van der Waals surface area contributed by atoms with E-state index in [1.165, 1.54) is 50.4 Å². The van der Waals surface area contributed by atoms with Gasteiger partial charge in [-0.3, -0.25) is 0 Å². The number of hydrogen-bond acceptors (Lipinski definition) is 3. The van der Waals surface area contributed by atoms with Crippen LogP contribution >= 0.6 is 11.8 Å². The summed E-state index contributed by atoms with van der Waals surface area (Å²) in [6.45, 7) is 4.83. The summed E-state index contributed by atoms with van der Waals surface area (Å²) in [6, 6.07) is 0. The summed E-state index contributed by atoms with van der Waals surface area (Å²) in [5.74, 6) is 2.65. The van der Waals surface area contributed by atoms with Crippen LogP contribution in [0.4, 0.5) is 0 Å². The molecule has 2 aliphatic rings. The van der Waals surface area contributed by atoms with E-state index in [1.54, 1.807) is 0 Å². The molecule has 3 heteroatoms. The van der Waals surface area contributed by atoms with Gasteiger partial charge in [0.2, 0.25) is 0 Å². The van der Waals surface area contributed by atoms with Gasteiger partial charge in [-0.05, 0) is 19.3 Å². The molecule has 0 saturated carbocycles.